The summed E-state index contributed by atoms with van der Waals surface area (Å²) < 4.78 is 4.44. The van der Waals surface area contributed by atoms with Gasteiger partial charge < -0.3 is 15.2 Å². The summed E-state index contributed by atoms with van der Waals surface area (Å²) in [5, 5.41) is 11.4. The number of aliphatic hydroxyl groups is 1. The Hall–Kier alpha value is -0.610. The standard InChI is InChI=1S/C8H17NO3/c1-12-8(11)7-9-5-3-2-4-6-10/h9-10H,2-7H2,1H3. The molecule has 0 aliphatic carbocycles. The third-order valence-corrected chi connectivity index (χ3v) is 1.51. The van der Waals surface area contributed by atoms with Gasteiger partial charge in [0.05, 0.1) is 13.7 Å². The lowest BCUT2D eigenvalue weighted by molar-refractivity contribution is -0.139. The zero-order valence-electron chi connectivity index (χ0n) is 7.51. The largest absolute Gasteiger partial charge is 0.468 e. The van der Waals surface area contributed by atoms with Crippen molar-refractivity contribution in [2.75, 3.05) is 26.8 Å². The molecule has 0 saturated heterocycles. The lowest BCUT2D eigenvalue weighted by Crippen LogP contribution is -2.24. The van der Waals surface area contributed by atoms with Crippen molar-refractivity contribution in [3.05, 3.63) is 0 Å². The van der Waals surface area contributed by atoms with E-state index in [0.29, 0.717) is 0 Å². The first-order chi connectivity index (χ1) is 5.81. The van der Waals surface area contributed by atoms with Crippen LogP contribution in [0, 0.1) is 0 Å². The molecule has 0 rings (SSSR count). The number of rotatable bonds is 7. The molecule has 0 aromatic carbocycles. The fourth-order valence-corrected chi connectivity index (χ4v) is 0.801. The second-order valence-corrected chi connectivity index (χ2v) is 2.54. The van der Waals surface area contributed by atoms with E-state index in [9.17, 15) is 4.79 Å². The first-order valence-corrected chi connectivity index (χ1v) is 4.19. The number of esters is 1. The average Bonchev–Trinajstić information content (AvgIpc) is 2.10. The summed E-state index contributed by atoms with van der Waals surface area (Å²) >= 11 is 0. The Balaban J connectivity index is 2.95. The molecule has 4 nitrogen and oxygen atoms in total. The summed E-state index contributed by atoms with van der Waals surface area (Å²) in [4.78, 5) is 10.6. The molecule has 0 aliphatic rings. The molecule has 0 heterocycles. The molecule has 0 aliphatic heterocycles. The van der Waals surface area contributed by atoms with E-state index in [0.717, 1.165) is 25.8 Å². The average molecular weight is 175 g/mol. The van der Waals surface area contributed by atoms with Crippen LogP contribution in [0.4, 0.5) is 0 Å². The van der Waals surface area contributed by atoms with Gasteiger partial charge in [-0.05, 0) is 25.8 Å². The number of unbranched alkanes of at least 4 members (excludes halogenated alkanes) is 2. The van der Waals surface area contributed by atoms with Crippen LogP contribution in [-0.2, 0) is 9.53 Å². The van der Waals surface area contributed by atoms with E-state index in [4.69, 9.17) is 5.11 Å². The van der Waals surface area contributed by atoms with Gasteiger partial charge >= 0.3 is 5.97 Å². The molecule has 0 atom stereocenters. The monoisotopic (exact) mass is 175 g/mol. The Morgan fingerprint density at radius 2 is 2.17 bits per heavy atom. The maximum atomic E-state index is 10.6. The Kier molecular flexibility index (Phi) is 8.05. The van der Waals surface area contributed by atoms with E-state index in [1.54, 1.807) is 0 Å². The molecular formula is C8H17NO3. The maximum Gasteiger partial charge on any atom is 0.319 e. The van der Waals surface area contributed by atoms with Crippen molar-refractivity contribution < 1.29 is 14.6 Å². The van der Waals surface area contributed by atoms with Gasteiger partial charge in [-0.15, -0.1) is 0 Å². The third-order valence-electron chi connectivity index (χ3n) is 1.51. The third kappa shape index (κ3) is 7.50. The minimum atomic E-state index is -0.239. The molecule has 0 spiro atoms. The normalized spacial score (nSPS) is 9.83. The molecule has 0 unspecified atom stereocenters. The lowest BCUT2D eigenvalue weighted by atomic mass is 10.2. The number of ether oxygens (including phenoxy) is 1. The molecule has 12 heavy (non-hydrogen) atoms. The topological polar surface area (TPSA) is 58.6 Å². The van der Waals surface area contributed by atoms with E-state index in [1.165, 1.54) is 7.11 Å². The summed E-state index contributed by atoms with van der Waals surface area (Å²) in [6.45, 7) is 1.32. The SMILES string of the molecule is COC(=O)CNCCCCCO. The van der Waals surface area contributed by atoms with Crippen LogP contribution < -0.4 is 5.32 Å². The van der Waals surface area contributed by atoms with Gasteiger partial charge in [-0.2, -0.15) is 0 Å². The van der Waals surface area contributed by atoms with Crippen molar-refractivity contribution in [3.63, 3.8) is 0 Å². The predicted octanol–water partition coefficient (Wildman–Crippen LogP) is -0.0884. The number of carbonyl (C=O) groups excluding carboxylic acids is 1. The summed E-state index contributed by atoms with van der Waals surface area (Å²) in [7, 11) is 1.37. The van der Waals surface area contributed by atoms with Gasteiger partial charge in [0.25, 0.3) is 0 Å². The van der Waals surface area contributed by atoms with Crippen LogP contribution in [-0.4, -0.2) is 37.9 Å². The molecular weight excluding hydrogens is 158 g/mol. The van der Waals surface area contributed by atoms with Crippen molar-refractivity contribution in [2.24, 2.45) is 0 Å². The number of carbonyl (C=O) groups is 1. The van der Waals surface area contributed by atoms with E-state index in [-0.39, 0.29) is 19.1 Å². The molecule has 0 radical (unpaired) electrons. The second-order valence-electron chi connectivity index (χ2n) is 2.54. The van der Waals surface area contributed by atoms with Gasteiger partial charge in [0.1, 0.15) is 0 Å². The molecule has 0 aromatic rings. The first kappa shape index (κ1) is 11.4. The smallest absolute Gasteiger partial charge is 0.319 e. The highest BCUT2D eigenvalue weighted by molar-refractivity contribution is 5.71. The predicted molar refractivity (Wildman–Crippen MR) is 45.8 cm³/mol. The van der Waals surface area contributed by atoms with Crippen molar-refractivity contribution in [1.82, 2.24) is 5.32 Å². The fraction of sp³-hybridized carbons (Fsp3) is 0.875. The summed E-state index contributed by atoms with van der Waals surface area (Å²) in [6.07, 6.45) is 2.81. The minimum absolute atomic E-state index is 0.239. The number of aliphatic hydroxyl groups excluding tert-OH is 1. The molecule has 2 N–H and O–H groups in total. The van der Waals surface area contributed by atoms with Crippen molar-refractivity contribution in [1.29, 1.82) is 0 Å². The molecule has 72 valence electrons. The number of nitrogens with one attached hydrogen (secondary N) is 1. The number of hydrogen-bond acceptors (Lipinski definition) is 4. The zero-order valence-corrected chi connectivity index (χ0v) is 7.51. The van der Waals surface area contributed by atoms with Crippen LogP contribution in [0.2, 0.25) is 0 Å². The summed E-state index contributed by atoms with van der Waals surface area (Å²) in [6, 6.07) is 0. The summed E-state index contributed by atoms with van der Waals surface area (Å²) in [5.74, 6) is -0.239. The van der Waals surface area contributed by atoms with E-state index in [2.05, 4.69) is 10.1 Å². The Morgan fingerprint density at radius 3 is 2.75 bits per heavy atom. The molecule has 0 aromatic heterocycles. The van der Waals surface area contributed by atoms with Crippen molar-refractivity contribution in [2.45, 2.75) is 19.3 Å². The summed E-state index contributed by atoms with van der Waals surface area (Å²) in [5.41, 5.74) is 0. The van der Waals surface area contributed by atoms with Crippen LogP contribution >= 0.6 is 0 Å². The molecule has 0 saturated carbocycles. The highest BCUT2D eigenvalue weighted by Gasteiger charge is 1.96. The molecule has 0 bridgehead atoms. The van der Waals surface area contributed by atoms with Gasteiger partial charge in [-0.1, -0.05) is 0 Å². The Bertz CT molecular complexity index is 117. The van der Waals surface area contributed by atoms with E-state index in [1.807, 2.05) is 0 Å². The van der Waals surface area contributed by atoms with Crippen LogP contribution in [0.1, 0.15) is 19.3 Å². The van der Waals surface area contributed by atoms with Crippen molar-refractivity contribution >= 4 is 5.97 Å². The van der Waals surface area contributed by atoms with Gasteiger partial charge in [0.15, 0.2) is 0 Å². The number of methoxy groups -OCH3 is 1. The highest BCUT2D eigenvalue weighted by Crippen LogP contribution is 1.91. The van der Waals surface area contributed by atoms with Gasteiger partial charge in [0, 0.05) is 6.61 Å². The molecule has 0 fully saturated rings. The number of hydrogen-bond donors (Lipinski definition) is 2. The maximum absolute atomic E-state index is 10.6. The van der Waals surface area contributed by atoms with Crippen molar-refractivity contribution in [3.8, 4) is 0 Å². The highest BCUT2D eigenvalue weighted by atomic mass is 16.5. The molecule has 4 heteroatoms. The van der Waals surface area contributed by atoms with E-state index >= 15 is 0 Å². The Morgan fingerprint density at radius 1 is 1.42 bits per heavy atom. The van der Waals surface area contributed by atoms with Gasteiger partial charge in [0.2, 0.25) is 0 Å². The zero-order chi connectivity index (χ0) is 9.23. The van der Waals surface area contributed by atoms with E-state index < -0.39 is 0 Å². The van der Waals surface area contributed by atoms with Crippen LogP contribution in [0.25, 0.3) is 0 Å². The van der Waals surface area contributed by atoms with Crippen LogP contribution in [0.5, 0.6) is 0 Å². The van der Waals surface area contributed by atoms with Crippen LogP contribution in [0.15, 0.2) is 0 Å². The van der Waals surface area contributed by atoms with Crippen LogP contribution in [0.3, 0.4) is 0 Å². The minimum Gasteiger partial charge on any atom is -0.468 e. The quantitative estimate of drug-likeness (QED) is 0.419. The fourth-order valence-electron chi connectivity index (χ4n) is 0.801. The van der Waals surface area contributed by atoms with Gasteiger partial charge in [-0.25, -0.2) is 0 Å². The first-order valence-electron chi connectivity index (χ1n) is 4.19. The lowest BCUT2D eigenvalue weighted by Gasteiger charge is -2.01. The molecule has 0 amide bonds. The van der Waals surface area contributed by atoms with Gasteiger partial charge in [-0.3, -0.25) is 4.79 Å². The second kappa shape index (κ2) is 8.49. The Labute approximate surface area is 72.9 Å².